The van der Waals surface area contributed by atoms with Crippen LogP contribution in [0.4, 0.5) is 18.0 Å². The molecule has 8 heteroatoms. The van der Waals surface area contributed by atoms with Crippen molar-refractivity contribution in [2.45, 2.75) is 38.8 Å². The Morgan fingerprint density at radius 1 is 1.37 bits per heavy atom. The molecule has 0 spiro atoms. The van der Waals surface area contributed by atoms with Gasteiger partial charge in [0.25, 0.3) is 0 Å². The van der Waals surface area contributed by atoms with Crippen LogP contribution in [0.15, 0.2) is 0 Å². The van der Waals surface area contributed by atoms with E-state index in [-0.39, 0.29) is 6.54 Å². The van der Waals surface area contributed by atoms with Gasteiger partial charge < -0.3 is 15.0 Å². The highest BCUT2D eigenvalue weighted by atomic mass is 19.4. The van der Waals surface area contributed by atoms with E-state index in [1.807, 2.05) is 0 Å². The van der Waals surface area contributed by atoms with E-state index in [0.717, 1.165) is 0 Å². The van der Waals surface area contributed by atoms with Crippen molar-refractivity contribution in [1.82, 2.24) is 10.2 Å². The number of rotatable bonds is 2. The first-order chi connectivity index (χ1) is 8.58. The fourth-order valence-electron chi connectivity index (χ4n) is 1.66. The average molecular weight is 284 g/mol. The van der Waals surface area contributed by atoms with Crippen molar-refractivity contribution in [3.05, 3.63) is 0 Å². The van der Waals surface area contributed by atoms with Crippen LogP contribution in [0.1, 0.15) is 20.8 Å². The molecule has 5 nitrogen and oxygen atoms in total. The number of carbonyl (C=O) groups is 1. The molecule has 0 aromatic rings. The topological polar surface area (TPSA) is 50.8 Å². The maximum atomic E-state index is 12.0. The van der Waals surface area contributed by atoms with Gasteiger partial charge in [0.2, 0.25) is 0 Å². The van der Waals surface area contributed by atoms with E-state index in [4.69, 9.17) is 4.74 Å². The molecule has 1 aliphatic rings. The number of amides is 1. The molecule has 0 radical (unpaired) electrons. The van der Waals surface area contributed by atoms with Crippen LogP contribution in [0.25, 0.3) is 0 Å². The predicted molar refractivity (Wildman–Crippen MR) is 61.6 cm³/mol. The third kappa shape index (κ3) is 6.11. The molecule has 1 N–H and O–H groups in total. The molecule has 1 heterocycles. The second-order valence-electron chi connectivity index (χ2n) is 5.29. The zero-order valence-electron chi connectivity index (χ0n) is 11.2. The lowest BCUT2D eigenvalue weighted by molar-refractivity contribution is -0.328. The van der Waals surface area contributed by atoms with E-state index in [2.05, 4.69) is 10.1 Å². The van der Waals surface area contributed by atoms with E-state index in [1.54, 1.807) is 20.8 Å². The molecule has 0 bridgehead atoms. The van der Waals surface area contributed by atoms with Crippen LogP contribution < -0.4 is 5.32 Å². The third-order valence-corrected chi connectivity index (χ3v) is 2.42. The van der Waals surface area contributed by atoms with Crippen molar-refractivity contribution in [2.24, 2.45) is 0 Å². The highest BCUT2D eigenvalue weighted by Gasteiger charge is 2.35. The van der Waals surface area contributed by atoms with Crippen molar-refractivity contribution >= 4 is 6.09 Å². The summed E-state index contributed by atoms with van der Waals surface area (Å²) in [6.07, 6.45) is -5.32. The Morgan fingerprint density at radius 3 is 2.53 bits per heavy atom. The number of ether oxygens (including phenoxy) is 2. The molecular weight excluding hydrogens is 265 g/mol. The Labute approximate surface area is 110 Å². The highest BCUT2D eigenvalue weighted by molar-refractivity contribution is 5.68. The quantitative estimate of drug-likeness (QED) is 0.839. The smallest absolute Gasteiger partial charge is 0.444 e. The zero-order valence-corrected chi connectivity index (χ0v) is 11.2. The van der Waals surface area contributed by atoms with Gasteiger partial charge in [0.05, 0.1) is 12.6 Å². The first kappa shape index (κ1) is 16.0. The Balaban J connectivity index is 2.59. The summed E-state index contributed by atoms with van der Waals surface area (Å²) in [5.41, 5.74) is -0.683. The molecule has 0 aromatic carbocycles. The average Bonchev–Trinajstić information content (AvgIpc) is 2.23. The predicted octanol–water partition coefficient (Wildman–Crippen LogP) is 1.73. The molecule has 0 unspecified atom stereocenters. The zero-order chi connectivity index (χ0) is 14.7. The summed E-state index contributed by atoms with van der Waals surface area (Å²) < 4.78 is 45.0. The first-order valence-corrected chi connectivity index (χ1v) is 5.99. The molecule has 1 rings (SSSR count). The fraction of sp³-hybridized carbons (Fsp3) is 0.909. The normalized spacial score (nSPS) is 21.4. The molecule has 0 aromatic heterocycles. The number of nitrogens with zero attached hydrogens (tertiary/aromatic N) is 1. The number of halogens is 3. The van der Waals surface area contributed by atoms with E-state index >= 15 is 0 Å². The van der Waals surface area contributed by atoms with Crippen LogP contribution >= 0.6 is 0 Å². The van der Waals surface area contributed by atoms with Gasteiger partial charge in [-0.2, -0.15) is 0 Å². The van der Waals surface area contributed by atoms with E-state index in [1.165, 1.54) is 4.90 Å². The lowest BCUT2D eigenvalue weighted by atomic mass is 10.2. The summed E-state index contributed by atoms with van der Waals surface area (Å²) >= 11 is 0. The van der Waals surface area contributed by atoms with Crippen molar-refractivity contribution in [1.29, 1.82) is 0 Å². The Morgan fingerprint density at radius 2 is 2.00 bits per heavy atom. The van der Waals surface area contributed by atoms with E-state index < -0.39 is 30.7 Å². The first-order valence-electron chi connectivity index (χ1n) is 5.99. The van der Waals surface area contributed by atoms with Crippen LogP contribution in [-0.4, -0.2) is 55.2 Å². The molecule has 1 saturated heterocycles. The van der Waals surface area contributed by atoms with Crippen molar-refractivity contribution in [3.63, 3.8) is 0 Å². The third-order valence-electron chi connectivity index (χ3n) is 2.42. The second kappa shape index (κ2) is 5.96. The number of carbonyl (C=O) groups excluding carboxylic acids is 1. The van der Waals surface area contributed by atoms with Gasteiger partial charge in [0.1, 0.15) is 5.60 Å². The molecule has 1 fully saturated rings. The lowest BCUT2D eigenvalue weighted by Crippen LogP contribution is -2.56. The Kier molecular flexibility index (Phi) is 5.03. The van der Waals surface area contributed by atoms with Crippen molar-refractivity contribution in [2.75, 3.05) is 26.2 Å². The second-order valence-corrected chi connectivity index (χ2v) is 5.29. The summed E-state index contributed by atoms with van der Waals surface area (Å²) in [4.78, 5) is 13.2. The summed E-state index contributed by atoms with van der Waals surface area (Å²) in [5.74, 6) is 0. The summed E-state index contributed by atoms with van der Waals surface area (Å²) in [5, 5.41) is 2.92. The van der Waals surface area contributed by atoms with Gasteiger partial charge in [-0.25, -0.2) is 4.79 Å². The van der Waals surface area contributed by atoms with Crippen LogP contribution in [-0.2, 0) is 9.47 Å². The number of nitrogens with one attached hydrogen (secondary N) is 1. The molecule has 1 aliphatic heterocycles. The minimum Gasteiger partial charge on any atom is -0.444 e. The molecule has 0 saturated carbocycles. The molecular formula is C11H19F3N2O3. The van der Waals surface area contributed by atoms with Gasteiger partial charge in [0, 0.05) is 19.6 Å². The standard InChI is InChI=1S/C11H19F3N2O3/c1-10(2,3)19-9(17)16-5-4-15-6-8(16)7-18-11(12,13)14/h8,15H,4-7H2,1-3H3/t8-/m0/s1. The van der Waals surface area contributed by atoms with Gasteiger partial charge in [-0.3, -0.25) is 4.74 Å². The highest BCUT2D eigenvalue weighted by Crippen LogP contribution is 2.19. The van der Waals surface area contributed by atoms with Gasteiger partial charge in [0.15, 0.2) is 0 Å². The molecule has 112 valence electrons. The minimum atomic E-state index is -4.70. The largest absolute Gasteiger partial charge is 0.522 e. The van der Waals surface area contributed by atoms with E-state index in [0.29, 0.717) is 13.1 Å². The Bertz CT molecular complexity index is 315. The number of hydrogen-bond donors (Lipinski definition) is 1. The maximum Gasteiger partial charge on any atom is 0.522 e. The van der Waals surface area contributed by atoms with Gasteiger partial charge in [-0.1, -0.05) is 0 Å². The van der Waals surface area contributed by atoms with Crippen molar-refractivity contribution in [3.8, 4) is 0 Å². The SMILES string of the molecule is CC(C)(C)OC(=O)N1CCNC[C@H]1COC(F)(F)F. The molecule has 19 heavy (non-hydrogen) atoms. The van der Waals surface area contributed by atoms with Crippen molar-refractivity contribution < 1.29 is 27.4 Å². The summed E-state index contributed by atoms with van der Waals surface area (Å²) in [7, 11) is 0. The minimum absolute atomic E-state index is 0.245. The fourth-order valence-corrected chi connectivity index (χ4v) is 1.66. The van der Waals surface area contributed by atoms with Gasteiger partial charge >= 0.3 is 12.5 Å². The van der Waals surface area contributed by atoms with Crippen LogP contribution in [0, 0.1) is 0 Å². The van der Waals surface area contributed by atoms with Crippen LogP contribution in [0.5, 0.6) is 0 Å². The number of alkyl halides is 3. The van der Waals surface area contributed by atoms with E-state index in [9.17, 15) is 18.0 Å². The summed E-state index contributed by atoms with van der Waals surface area (Å²) in [6.45, 7) is 5.56. The van der Waals surface area contributed by atoms with Gasteiger partial charge in [-0.05, 0) is 20.8 Å². The molecule has 1 amide bonds. The molecule has 0 aliphatic carbocycles. The number of piperazine rings is 1. The van der Waals surface area contributed by atoms with Crippen LogP contribution in [0.3, 0.4) is 0 Å². The summed E-state index contributed by atoms with van der Waals surface area (Å²) in [6, 6.07) is -0.690. The van der Waals surface area contributed by atoms with Gasteiger partial charge in [-0.15, -0.1) is 13.2 Å². The number of hydrogen-bond acceptors (Lipinski definition) is 4. The lowest BCUT2D eigenvalue weighted by Gasteiger charge is -2.36. The Hall–Kier alpha value is -1.02. The maximum absolute atomic E-state index is 12.0. The van der Waals surface area contributed by atoms with Crippen LogP contribution in [0.2, 0.25) is 0 Å². The molecule has 1 atom stereocenters. The monoisotopic (exact) mass is 284 g/mol.